The quantitative estimate of drug-likeness (QED) is 0.805. The zero-order chi connectivity index (χ0) is 14.5. The first kappa shape index (κ1) is 16.0. The maximum Gasteiger partial charge on any atom is 0.306 e. The Morgan fingerprint density at radius 3 is 2.47 bits per heavy atom. The van der Waals surface area contributed by atoms with Gasteiger partial charge in [0.05, 0.1) is 11.5 Å². The topological polar surface area (TPSA) is 57.5 Å². The summed E-state index contributed by atoms with van der Waals surface area (Å²) in [5, 5.41) is 20.2. The molecule has 0 aliphatic heterocycles. The molecular weight excluding hydrogens is 264 g/mol. The Morgan fingerprint density at radius 1 is 1.37 bits per heavy atom. The zero-order valence-electron chi connectivity index (χ0n) is 11.4. The monoisotopic (exact) mass is 284 g/mol. The summed E-state index contributed by atoms with van der Waals surface area (Å²) in [6, 6.07) is 7.20. The van der Waals surface area contributed by atoms with E-state index >= 15 is 0 Å². The van der Waals surface area contributed by atoms with Gasteiger partial charge < -0.3 is 10.2 Å². The molecule has 1 aromatic carbocycles. The fourth-order valence-electron chi connectivity index (χ4n) is 2.19. The van der Waals surface area contributed by atoms with Gasteiger partial charge in [0.25, 0.3) is 0 Å². The SMILES string of the molecule is CCC(O)(CC)CC(Cc1cccc(Cl)c1)C(=O)O. The Bertz CT molecular complexity index is 427. The number of benzene rings is 1. The maximum absolute atomic E-state index is 11.4. The number of carboxylic acid groups (broad SMARTS) is 1. The number of hydrogen-bond donors (Lipinski definition) is 2. The first-order valence-electron chi connectivity index (χ1n) is 6.60. The molecule has 1 aromatic rings. The van der Waals surface area contributed by atoms with Gasteiger partial charge >= 0.3 is 5.97 Å². The Labute approximate surface area is 119 Å². The molecule has 1 rings (SSSR count). The number of hydrogen-bond acceptors (Lipinski definition) is 2. The van der Waals surface area contributed by atoms with Gasteiger partial charge in [0.2, 0.25) is 0 Å². The van der Waals surface area contributed by atoms with E-state index in [1.165, 1.54) is 0 Å². The summed E-state index contributed by atoms with van der Waals surface area (Å²) in [4.78, 5) is 11.4. The molecule has 1 unspecified atom stereocenters. The highest BCUT2D eigenvalue weighted by Gasteiger charge is 2.30. The van der Waals surface area contributed by atoms with Crippen molar-refractivity contribution in [2.45, 2.75) is 45.1 Å². The van der Waals surface area contributed by atoms with E-state index in [9.17, 15) is 15.0 Å². The van der Waals surface area contributed by atoms with Crippen molar-refractivity contribution in [2.24, 2.45) is 5.92 Å². The van der Waals surface area contributed by atoms with Crippen molar-refractivity contribution in [1.29, 1.82) is 0 Å². The summed E-state index contributed by atoms with van der Waals surface area (Å²) in [7, 11) is 0. The first-order chi connectivity index (χ1) is 8.90. The molecule has 2 N–H and O–H groups in total. The predicted octanol–water partition coefficient (Wildman–Crippen LogP) is 3.52. The molecular formula is C15H21ClO3. The van der Waals surface area contributed by atoms with E-state index in [0.717, 1.165) is 5.56 Å². The molecule has 0 radical (unpaired) electrons. The van der Waals surface area contributed by atoms with E-state index in [1.807, 2.05) is 26.0 Å². The van der Waals surface area contributed by atoms with Crippen molar-refractivity contribution < 1.29 is 15.0 Å². The van der Waals surface area contributed by atoms with Crippen molar-refractivity contribution >= 4 is 17.6 Å². The lowest BCUT2D eigenvalue weighted by atomic mass is 9.83. The molecule has 0 bridgehead atoms. The summed E-state index contributed by atoms with van der Waals surface area (Å²) in [6.07, 6.45) is 1.77. The summed E-state index contributed by atoms with van der Waals surface area (Å²) < 4.78 is 0. The van der Waals surface area contributed by atoms with E-state index in [1.54, 1.807) is 12.1 Å². The number of halogens is 1. The van der Waals surface area contributed by atoms with Gasteiger partial charge in [0.1, 0.15) is 0 Å². The van der Waals surface area contributed by atoms with Crippen molar-refractivity contribution in [2.75, 3.05) is 0 Å². The van der Waals surface area contributed by atoms with Crippen LogP contribution in [-0.2, 0) is 11.2 Å². The molecule has 0 aliphatic carbocycles. The van der Waals surface area contributed by atoms with Gasteiger partial charge in [-0.2, -0.15) is 0 Å². The van der Waals surface area contributed by atoms with Crippen molar-refractivity contribution in [1.82, 2.24) is 0 Å². The molecule has 0 aliphatic rings. The van der Waals surface area contributed by atoms with Crippen LogP contribution in [0.5, 0.6) is 0 Å². The van der Waals surface area contributed by atoms with Crippen molar-refractivity contribution in [3.8, 4) is 0 Å². The average Bonchev–Trinajstić information content (AvgIpc) is 2.37. The molecule has 106 valence electrons. The molecule has 1 atom stereocenters. The molecule has 0 fully saturated rings. The standard InChI is InChI=1S/C15H21ClO3/c1-3-15(19,4-2)10-12(14(17)18)8-11-6-5-7-13(16)9-11/h5-7,9,12,19H,3-4,8,10H2,1-2H3,(H,17,18). The minimum Gasteiger partial charge on any atom is -0.481 e. The van der Waals surface area contributed by atoms with Crippen molar-refractivity contribution in [3.63, 3.8) is 0 Å². The molecule has 0 saturated heterocycles. The van der Waals surface area contributed by atoms with E-state index in [2.05, 4.69) is 0 Å². The molecule has 0 amide bonds. The summed E-state index contributed by atoms with van der Waals surface area (Å²) >= 11 is 5.90. The van der Waals surface area contributed by atoms with E-state index in [4.69, 9.17) is 11.6 Å². The Kier molecular flexibility index (Phi) is 5.83. The second kappa shape index (κ2) is 6.92. The number of carbonyl (C=O) groups is 1. The van der Waals surface area contributed by atoms with Gasteiger partial charge in [-0.3, -0.25) is 4.79 Å². The van der Waals surface area contributed by atoms with Crippen LogP contribution in [0.1, 0.15) is 38.7 Å². The van der Waals surface area contributed by atoms with Gasteiger partial charge in [-0.25, -0.2) is 0 Å². The van der Waals surface area contributed by atoms with Gasteiger partial charge in [0.15, 0.2) is 0 Å². The van der Waals surface area contributed by atoms with E-state index in [-0.39, 0.29) is 6.42 Å². The number of carboxylic acids is 1. The van der Waals surface area contributed by atoms with Crippen LogP contribution in [0.25, 0.3) is 0 Å². The minimum atomic E-state index is -0.901. The normalized spacial score (nSPS) is 13.3. The Morgan fingerprint density at radius 2 is 2.00 bits per heavy atom. The third-order valence-corrected chi connectivity index (χ3v) is 3.90. The minimum absolute atomic E-state index is 0.266. The Hall–Kier alpha value is -1.06. The van der Waals surface area contributed by atoms with Gasteiger partial charge in [-0.1, -0.05) is 37.6 Å². The Balaban J connectivity index is 2.82. The van der Waals surface area contributed by atoms with Gasteiger partial charge in [0, 0.05) is 5.02 Å². The van der Waals surface area contributed by atoms with E-state index < -0.39 is 17.5 Å². The highest BCUT2D eigenvalue weighted by molar-refractivity contribution is 6.30. The summed E-state index contributed by atoms with van der Waals surface area (Å²) in [5.74, 6) is -1.47. The van der Waals surface area contributed by atoms with Crippen LogP contribution in [0, 0.1) is 5.92 Å². The van der Waals surface area contributed by atoms with Crippen LogP contribution in [0.15, 0.2) is 24.3 Å². The van der Waals surface area contributed by atoms with Crippen LogP contribution in [0.3, 0.4) is 0 Å². The predicted molar refractivity (Wildman–Crippen MR) is 76.4 cm³/mol. The smallest absolute Gasteiger partial charge is 0.306 e. The molecule has 0 saturated carbocycles. The molecule has 3 nitrogen and oxygen atoms in total. The molecule has 19 heavy (non-hydrogen) atoms. The first-order valence-corrected chi connectivity index (χ1v) is 6.97. The number of aliphatic carboxylic acids is 1. The lowest BCUT2D eigenvalue weighted by Gasteiger charge is -2.28. The third-order valence-electron chi connectivity index (χ3n) is 3.66. The lowest BCUT2D eigenvalue weighted by molar-refractivity contribution is -0.144. The van der Waals surface area contributed by atoms with Crippen LogP contribution in [0.4, 0.5) is 0 Å². The third kappa shape index (κ3) is 4.84. The zero-order valence-corrected chi connectivity index (χ0v) is 12.2. The molecule has 0 heterocycles. The van der Waals surface area contributed by atoms with Crippen LogP contribution < -0.4 is 0 Å². The molecule has 4 heteroatoms. The number of rotatable bonds is 7. The second-order valence-electron chi connectivity index (χ2n) is 5.00. The lowest BCUT2D eigenvalue weighted by Crippen LogP contribution is -2.33. The van der Waals surface area contributed by atoms with Crippen molar-refractivity contribution in [3.05, 3.63) is 34.9 Å². The van der Waals surface area contributed by atoms with Crippen LogP contribution >= 0.6 is 11.6 Å². The maximum atomic E-state index is 11.4. The fourth-order valence-corrected chi connectivity index (χ4v) is 2.41. The second-order valence-corrected chi connectivity index (χ2v) is 5.44. The molecule has 0 aromatic heterocycles. The van der Waals surface area contributed by atoms with Gasteiger partial charge in [-0.15, -0.1) is 0 Å². The largest absolute Gasteiger partial charge is 0.481 e. The van der Waals surface area contributed by atoms with E-state index in [0.29, 0.717) is 24.3 Å². The summed E-state index contributed by atoms with van der Waals surface area (Å²) in [5.41, 5.74) is -0.0174. The number of aliphatic hydroxyl groups is 1. The fraction of sp³-hybridized carbons (Fsp3) is 0.533. The summed E-state index contributed by atoms with van der Waals surface area (Å²) in [6.45, 7) is 3.75. The highest BCUT2D eigenvalue weighted by Crippen LogP contribution is 2.27. The average molecular weight is 285 g/mol. The van der Waals surface area contributed by atoms with Gasteiger partial charge in [-0.05, 0) is 43.4 Å². The van der Waals surface area contributed by atoms with Crippen LogP contribution in [0.2, 0.25) is 5.02 Å². The van der Waals surface area contributed by atoms with Crippen LogP contribution in [-0.4, -0.2) is 21.8 Å². The molecule has 0 spiro atoms. The highest BCUT2D eigenvalue weighted by atomic mass is 35.5.